The van der Waals surface area contributed by atoms with Gasteiger partial charge in [0.1, 0.15) is 18.5 Å². The highest BCUT2D eigenvalue weighted by Gasteiger charge is 2.30. The van der Waals surface area contributed by atoms with Crippen molar-refractivity contribution in [2.75, 3.05) is 6.61 Å². The van der Waals surface area contributed by atoms with E-state index in [-0.39, 0.29) is 6.10 Å². The summed E-state index contributed by atoms with van der Waals surface area (Å²) < 4.78 is 13.1. The number of fused-ring (bicyclic) bond motifs is 1. The van der Waals surface area contributed by atoms with Crippen molar-refractivity contribution in [3.63, 3.8) is 0 Å². The molecular formula is C17H20N4O2. The van der Waals surface area contributed by atoms with Crippen LogP contribution in [0.3, 0.4) is 0 Å². The monoisotopic (exact) mass is 312 g/mol. The second-order valence-corrected chi connectivity index (χ2v) is 5.96. The van der Waals surface area contributed by atoms with Crippen molar-refractivity contribution in [1.82, 2.24) is 19.7 Å². The summed E-state index contributed by atoms with van der Waals surface area (Å²) in [6.07, 6.45) is 2.26. The molecular weight excluding hydrogens is 292 g/mol. The second-order valence-electron chi connectivity index (χ2n) is 5.96. The summed E-state index contributed by atoms with van der Waals surface area (Å²) in [6.45, 7) is 5.07. The van der Waals surface area contributed by atoms with Gasteiger partial charge in [0.25, 0.3) is 0 Å². The fourth-order valence-corrected chi connectivity index (χ4v) is 2.87. The average molecular weight is 312 g/mol. The Morgan fingerprint density at radius 1 is 1.30 bits per heavy atom. The molecule has 1 aliphatic rings. The molecule has 1 saturated carbocycles. The summed E-state index contributed by atoms with van der Waals surface area (Å²) in [5.41, 5.74) is 2.14. The van der Waals surface area contributed by atoms with E-state index in [2.05, 4.69) is 20.8 Å². The summed E-state index contributed by atoms with van der Waals surface area (Å²) in [7, 11) is 0. The molecule has 120 valence electrons. The summed E-state index contributed by atoms with van der Waals surface area (Å²) in [6, 6.07) is 8.20. The van der Waals surface area contributed by atoms with Crippen LogP contribution < -0.4 is 0 Å². The zero-order valence-corrected chi connectivity index (χ0v) is 13.4. The molecule has 0 N–H and O–H groups in total. The van der Waals surface area contributed by atoms with Gasteiger partial charge in [0.15, 0.2) is 5.82 Å². The molecule has 1 fully saturated rings. The van der Waals surface area contributed by atoms with Gasteiger partial charge in [-0.1, -0.05) is 17.3 Å². The first-order valence-corrected chi connectivity index (χ1v) is 8.15. The number of aromatic nitrogens is 4. The summed E-state index contributed by atoms with van der Waals surface area (Å²) >= 11 is 0. The molecule has 1 aliphatic carbocycles. The first-order chi connectivity index (χ1) is 11.3. The zero-order chi connectivity index (χ0) is 15.8. The van der Waals surface area contributed by atoms with E-state index in [1.54, 1.807) is 0 Å². The highest BCUT2D eigenvalue weighted by molar-refractivity contribution is 5.76. The largest absolute Gasteiger partial charge is 0.371 e. The van der Waals surface area contributed by atoms with Gasteiger partial charge < -0.3 is 13.8 Å². The number of hydrogen-bond acceptors (Lipinski definition) is 5. The van der Waals surface area contributed by atoms with E-state index in [1.165, 1.54) is 12.8 Å². The quantitative estimate of drug-likeness (QED) is 0.697. The number of hydrogen-bond donors (Lipinski definition) is 0. The smallest absolute Gasteiger partial charge is 0.246 e. The van der Waals surface area contributed by atoms with Crippen LogP contribution in [0.5, 0.6) is 0 Å². The predicted octanol–water partition coefficient (Wildman–Crippen LogP) is 3.44. The lowest BCUT2D eigenvalue weighted by Crippen LogP contribution is -2.05. The molecule has 0 unspecified atom stereocenters. The Balaban J connectivity index is 1.66. The molecule has 6 nitrogen and oxygen atoms in total. The van der Waals surface area contributed by atoms with Gasteiger partial charge in [-0.15, -0.1) is 0 Å². The highest BCUT2D eigenvalue weighted by atomic mass is 16.5. The molecule has 1 atom stereocenters. The Kier molecular flexibility index (Phi) is 3.61. The van der Waals surface area contributed by atoms with Gasteiger partial charge >= 0.3 is 0 Å². The maximum absolute atomic E-state index is 5.51. The molecule has 23 heavy (non-hydrogen) atoms. The zero-order valence-electron chi connectivity index (χ0n) is 13.4. The fourth-order valence-electron chi connectivity index (χ4n) is 2.87. The van der Waals surface area contributed by atoms with Crippen molar-refractivity contribution < 1.29 is 9.26 Å². The van der Waals surface area contributed by atoms with Crippen LogP contribution in [0.15, 0.2) is 28.8 Å². The van der Waals surface area contributed by atoms with Crippen LogP contribution in [-0.2, 0) is 11.3 Å². The van der Waals surface area contributed by atoms with Crippen LogP contribution in [0, 0.1) is 0 Å². The van der Waals surface area contributed by atoms with Gasteiger partial charge in [0.05, 0.1) is 11.0 Å². The summed E-state index contributed by atoms with van der Waals surface area (Å²) in [4.78, 5) is 9.27. The van der Waals surface area contributed by atoms with Crippen LogP contribution in [-0.4, -0.2) is 26.3 Å². The Morgan fingerprint density at radius 2 is 2.13 bits per heavy atom. The first-order valence-electron chi connectivity index (χ1n) is 8.15. The molecule has 3 aromatic rings. The van der Waals surface area contributed by atoms with Crippen molar-refractivity contribution in [1.29, 1.82) is 0 Å². The Hall–Kier alpha value is -2.21. The van der Waals surface area contributed by atoms with Crippen molar-refractivity contribution >= 4 is 11.0 Å². The number of benzene rings is 1. The number of ether oxygens (including phenoxy) is 1. The van der Waals surface area contributed by atoms with Gasteiger partial charge in [-0.2, -0.15) is 4.98 Å². The van der Waals surface area contributed by atoms with Crippen molar-refractivity contribution in [2.24, 2.45) is 0 Å². The highest BCUT2D eigenvalue weighted by Crippen LogP contribution is 2.40. The number of nitrogens with zero attached hydrogens (tertiary/aromatic N) is 4. The third-order valence-electron chi connectivity index (χ3n) is 4.18. The molecule has 0 radical (unpaired) electrons. The molecule has 0 amide bonds. The van der Waals surface area contributed by atoms with Crippen molar-refractivity contribution in [3.05, 3.63) is 41.8 Å². The standard InChI is InChI=1S/C17H20N4O2/c1-3-22-11(2)16-19-15(23-20-16)10-21-14-7-5-4-6-13(14)18-17(21)12-8-9-12/h4-7,11-12H,3,8-10H2,1-2H3/t11-/m0/s1. The van der Waals surface area contributed by atoms with Gasteiger partial charge in [0, 0.05) is 12.5 Å². The number of imidazole rings is 1. The van der Waals surface area contributed by atoms with E-state index in [0.29, 0.717) is 30.8 Å². The van der Waals surface area contributed by atoms with Gasteiger partial charge in [-0.05, 0) is 38.8 Å². The van der Waals surface area contributed by atoms with E-state index in [0.717, 1.165) is 16.9 Å². The fraction of sp³-hybridized carbons (Fsp3) is 0.471. The third kappa shape index (κ3) is 2.74. The minimum Gasteiger partial charge on any atom is -0.371 e. The molecule has 2 heterocycles. The number of rotatable bonds is 6. The molecule has 6 heteroatoms. The lowest BCUT2D eigenvalue weighted by molar-refractivity contribution is 0.0683. The van der Waals surface area contributed by atoms with Crippen LogP contribution in [0.1, 0.15) is 56.3 Å². The van der Waals surface area contributed by atoms with E-state index >= 15 is 0 Å². The minimum atomic E-state index is -0.153. The second kappa shape index (κ2) is 5.77. The predicted molar refractivity (Wildman–Crippen MR) is 85.1 cm³/mol. The average Bonchev–Trinajstić information content (AvgIpc) is 3.19. The molecule has 4 rings (SSSR count). The topological polar surface area (TPSA) is 66.0 Å². The van der Waals surface area contributed by atoms with Crippen LogP contribution in [0.4, 0.5) is 0 Å². The molecule has 0 bridgehead atoms. The lowest BCUT2D eigenvalue weighted by Gasteiger charge is -2.06. The Morgan fingerprint density at radius 3 is 2.91 bits per heavy atom. The normalized spacial score (nSPS) is 16.1. The minimum absolute atomic E-state index is 0.153. The lowest BCUT2D eigenvalue weighted by atomic mass is 10.3. The maximum atomic E-state index is 5.51. The molecule has 1 aromatic carbocycles. The van der Waals surface area contributed by atoms with E-state index in [9.17, 15) is 0 Å². The molecule has 0 saturated heterocycles. The molecule has 0 spiro atoms. The van der Waals surface area contributed by atoms with Crippen molar-refractivity contribution in [2.45, 2.75) is 45.3 Å². The first kappa shape index (κ1) is 14.4. The SMILES string of the molecule is CCO[C@@H](C)c1noc(Cn2c(C3CC3)nc3ccccc32)n1. The van der Waals surface area contributed by atoms with Gasteiger partial charge in [0.2, 0.25) is 5.89 Å². The maximum Gasteiger partial charge on any atom is 0.246 e. The summed E-state index contributed by atoms with van der Waals surface area (Å²) in [5.74, 6) is 2.88. The Labute approximate surface area is 134 Å². The van der Waals surface area contributed by atoms with Crippen molar-refractivity contribution in [3.8, 4) is 0 Å². The Bertz CT molecular complexity index is 819. The van der Waals surface area contributed by atoms with Gasteiger partial charge in [-0.3, -0.25) is 0 Å². The van der Waals surface area contributed by atoms with Crippen LogP contribution >= 0.6 is 0 Å². The van der Waals surface area contributed by atoms with Gasteiger partial charge in [-0.25, -0.2) is 4.98 Å². The van der Waals surface area contributed by atoms with E-state index in [1.807, 2.05) is 32.0 Å². The molecule has 2 aromatic heterocycles. The summed E-state index contributed by atoms with van der Waals surface area (Å²) in [5, 5.41) is 4.04. The van der Waals surface area contributed by atoms with Crippen LogP contribution in [0.25, 0.3) is 11.0 Å². The third-order valence-corrected chi connectivity index (χ3v) is 4.18. The van der Waals surface area contributed by atoms with E-state index < -0.39 is 0 Å². The van der Waals surface area contributed by atoms with Crippen LogP contribution in [0.2, 0.25) is 0 Å². The number of para-hydroxylation sites is 2. The molecule has 0 aliphatic heterocycles. The van der Waals surface area contributed by atoms with E-state index in [4.69, 9.17) is 14.2 Å².